The molecule has 3 heterocycles. The lowest BCUT2D eigenvalue weighted by Crippen LogP contribution is -2.39. The first kappa shape index (κ1) is 23.2. The number of ether oxygens (including phenoxy) is 1. The van der Waals surface area contributed by atoms with Crippen LogP contribution in [0.4, 0.5) is 5.69 Å². The number of thiophene rings is 1. The number of hydrogen-bond acceptors (Lipinski definition) is 7. The fourth-order valence-corrected chi connectivity index (χ4v) is 5.90. The van der Waals surface area contributed by atoms with Crippen LogP contribution in [0.5, 0.6) is 0 Å². The fraction of sp³-hybridized carbons (Fsp3) is 0.320. The molecule has 1 aromatic carbocycles. The summed E-state index contributed by atoms with van der Waals surface area (Å²) in [5.41, 5.74) is 2.96. The van der Waals surface area contributed by atoms with Crippen LogP contribution in [0.2, 0.25) is 0 Å². The number of allylic oxidation sites excluding steroid dienone is 1. The highest BCUT2D eigenvalue weighted by atomic mass is 32.1. The van der Waals surface area contributed by atoms with Crippen molar-refractivity contribution in [3.8, 4) is 0 Å². The molecular formula is C25H27N3O3S2. The third kappa shape index (κ3) is 4.45. The molecule has 33 heavy (non-hydrogen) atoms. The average molecular weight is 482 g/mol. The van der Waals surface area contributed by atoms with Gasteiger partial charge in [0.25, 0.3) is 5.56 Å². The third-order valence-corrected chi connectivity index (χ3v) is 7.56. The molecule has 0 amide bonds. The van der Waals surface area contributed by atoms with Gasteiger partial charge in [-0.25, -0.2) is 9.79 Å². The first-order chi connectivity index (χ1) is 16.0. The lowest BCUT2D eigenvalue weighted by atomic mass is 10.0. The van der Waals surface area contributed by atoms with Crippen LogP contribution in [0.1, 0.15) is 44.2 Å². The molecule has 3 aromatic rings. The summed E-state index contributed by atoms with van der Waals surface area (Å²) in [6, 6.07) is 11.5. The standard InChI is InChI=1S/C25H27N3O3S2/c1-5-27(6-2)18-12-10-17(11-13-18)15-20-23(29)28-22(19-9-8-14-32-19)21(24(30)31-7-3)16(4)26-25(28)33-20/h8-15,22H,5-7H2,1-4H3/b20-15-. The van der Waals surface area contributed by atoms with Gasteiger partial charge in [-0.15, -0.1) is 11.3 Å². The molecular weight excluding hydrogens is 454 g/mol. The number of rotatable bonds is 7. The Morgan fingerprint density at radius 1 is 1.18 bits per heavy atom. The summed E-state index contributed by atoms with van der Waals surface area (Å²) in [6.07, 6.45) is 1.89. The lowest BCUT2D eigenvalue weighted by molar-refractivity contribution is -0.139. The Balaban J connectivity index is 1.82. The molecule has 0 saturated heterocycles. The van der Waals surface area contributed by atoms with E-state index in [0.717, 1.165) is 29.2 Å². The van der Waals surface area contributed by atoms with Crippen molar-refractivity contribution in [3.05, 3.63) is 83.2 Å². The summed E-state index contributed by atoms with van der Waals surface area (Å²) in [4.78, 5) is 34.7. The normalized spacial score (nSPS) is 15.9. The van der Waals surface area contributed by atoms with Crippen LogP contribution in [-0.4, -0.2) is 30.2 Å². The Morgan fingerprint density at radius 2 is 1.91 bits per heavy atom. The van der Waals surface area contributed by atoms with Crippen LogP contribution in [0, 0.1) is 0 Å². The Hall–Kier alpha value is -2.97. The SMILES string of the molecule is CCOC(=O)C1=C(C)N=c2s/c(=C\c3ccc(N(CC)CC)cc3)c(=O)n2C1c1cccs1. The van der Waals surface area contributed by atoms with Crippen LogP contribution in [-0.2, 0) is 9.53 Å². The van der Waals surface area contributed by atoms with Crippen LogP contribution in [0.15, 0.2) is 62.8 Å². The second-order valence-electron chi connectivity index (χ2n) is 7.58. The van der Waals surface area contributed by atoms with Gasteiger partial charge in [0, 0.05) is 23.7 Å². The third-order valence-electron chi connectivity index (χ3n) is 5.65. The summed E-state index contributed by atoms with van der Waals surface area (Å²) in [5, 5.41) is 1.95. The summed E-state index contributed by atoms with van der Waals surface area (Å²) in [5.74, 6) is -0.432. The van der Waals surface area contributed by atoms with E-state index < -0.39 is 12.0 Å². The molecule has 1 atom stereocenters. The van der Waals surface area contributed by atoms with Gasteiger partial charge in [0.05, 0.1) is 22.4 Å². The van der Waals surface area contributed by atoms with E-state index in [4.69, 9.17) is 4.74 Å². The van der Waals surface area contributed by atoms with Crippen LogP contribution in [0.3, 0.4) is 0 Å². The van der Waals surface area contributed by atoms with Gasteiger partial charge < -0.3 is 9.64 Å². The number of carbonyl (C=O) groups is 1. The number of esters is 1. The minimum Gasteiger partial charge on any atom is -0.463 e. The minimum absolute atomic E-state index is 0.153. The lowest BCUT2D eigenvalue weighted by Gasteiger charge is -2.23. The number of nitrogens with zero attached hydrogens (tertiary/aromatic N) is 3. The molecule has 2 aromatic heterocycles. The van der Waals surface area contributed by atoms with E-state index in [1.807, 2.05) is 35.7 Å². The van der Waals surface area contributed by atoms with Crippen molar-refractivity contribution >= 4 is 40.4 Å². The second kappa shape index (κ2) is 9.89. The van der Waals surface area contributed by atoms with E-state index in [1.165, 1.54) is 22.7 Å². The number of benzene rings is 1. The molecule has 8 heteroatoms. The van der Waals surface area contributed by atoms with Gasteiger partial charge in [-0.2, -0.15) is 0 Å². The van der Waals surface area contributed by atoms with Crippen molar-refractivity contribution in [2.75, 3.05) is 24.6 Å². The Bertz CT molecular complexity index is 1350. The molecule has 0 fully saturated rings. The van der Waals surface area contributed by atoms with Gasteiger partial charge >= 0.3 is 5.97 Å². The zero-order valence-corrected chi connectivity index (χ0v) is 20.8. The molecule has 0 saturated carbocycles. The highest BCUT2D eigenvalue weighted by molar-refractivity contribution is 7.10. The van der Waals surface area contributed by atoms with Gasteiger partial charge in [-0.1, -0.05) is 29.5 Å². The largest absolute Gasteiger partial charge is 0.463 e. The summed E-state index contributed by atoms with van der Waals surface area (Å²) in [7, 11) is 0. The van der Waals surface area contributed by atoms with Crippen LogP contribution in [0.25, 0.3) is 6.08 Å². The fourth-order valence-electron chi connectivity index (χ4n) is 4.03. The van der Waals surface area contributed by atoms with Gasteiger partial charge in [0.2, 0.25) is 0 Å². The number of anilines is 1. The molecule has 0 N–H and O–H groups in total. The molecule has 0 bridgehead atoms. The zero-order valence-electron chi connectivity index (χ0n) is 19.2. The zero-order chi connectivity index (χ0) is 23.5. The second-order valence-corrected chi connectivity index (χ2v) is 9.57. The monoisotopic (exact) mass is 481 g/mol. The number of thiazole rings is 1. The minimum atomic E-state index is -0.535. The van der Waals surface area contributed by atoms with Crippen molar-refractivity contribution < 1.29 is 9.53 Å². The number of hydrogen-bond donors (Lipinski definition) is 0. The Labute approximate surface area is 200 Å². The quantitative estimate of drug-likeness (QED) is 0.483. The highest BCUT2D eigenvalue weighted by Gasteiger charge is 2.33. The maximum absolute atomic E-state index is 13.5. The van der Waals surface area contributed by atoms with E-state index in [1.54, 1.807) is 18.4 Å². The Morgan fingerprint density at radius 3 is 2.52 bits per heavy atom. The summed E-state index contributed by atoms with van der Waals surface area (Å²) < 4.78 is 7.53. The van der Waals surface area contributed by atoms with Gasteiger partial charge in [-0.05, 0) is 62.9 Å². The molecule has 6 nitrogen and oxygen atoms in total. The van der Waals surface area contributed by atoms with E-state index in [-0.39, 0.29) is 12.2 Å². The Kier molecular flexibility index (Phi) is 6.95. The predicted octanol–water partition coefficient (Wildman–Crippen LogP) is 3.71. The molecule has 4 rings (SSSR count). The number of fused-ring (bicyclic) bond motifs is 1. The van der Waals surface area contributed by atoms with Crippen molar-refractivity contribution in [2.24, 2.45) is 4.99 Å². The number of aromatic nitrogens is 1. The van der Waals surface area contributed by atoms with Crippen molar-refractivity contribution in [1.29, 1.82) is 0 Å². The van der Waals surface area contributed by atoms with E-state index in [2.05, 4.69) is 35.9 Å². The summed E-state index contributed by atoms with van der Waals surface area (Å²) >= 11 is 2.86. The number of carbonyl (C=O) groups excluding carboxylic acids is 1. The van der Waals surface area contributed by atoms with Crippen molar-refractivity contribution in [3.63, 3.8) is 0 Å². The first-order valence-electron chi connectivity index (χ1n) is 11.1. The van der Waals surface area contributed by atoms with Gasteiger partial charge in [-0.3, -0.25) is 9.36 Å². The maximum Gasteiger partial charge on any atom is 0.338 e. The van der Waals surface area contributed by atoms with Crippen LogP contribution < -0.4 is 19.8 Å². The molecule has 1 aliphatic heterocycles. The first-order valence-corrected chi connectivity index (χ1v) is 12.8. The van der Waals surface area contributed by atoms with Crippen LogP contribution >= 0.6 is 22.7 Å². The van der Waals surface area contributed by atoms with E-state index in [9.17, 15) is 9.59 Å². The van der Waals surface area contributed by atoms with Gasteiger partial charge in [0.1, 0.15) is 6.04 Å². The molecule has 0 spiro atoms. The van der Waals surface area contributed by atoms with E-state index >= 15 is 0 Å². The topological polar surface area (TPSA) is 63.9 Å². The molecule has 1 aliphatic rings. The highest BCUT2D eigenvalue weighted by Crippen LogP contribution is 2.33. The molecule has 0 aliphatic carbocycles. The smallest absolute Gasteiger partial charge is 0.338 e. The molecule has 172 valence electrons. The summed E-state index contributed by atoms with van der Waals surface area (Å²) in [6.45, 7) is 9.99. The van der Waals surface area contributed by atoms with E-state index in [0.29, 0.717) is 20.6 Å². The predicted molar refractivity (Wildman–Crippen MR) is 135 cm³/mol. The average Bonchev–Trinajstić information content (AvgIpc) is 3.44. The van der Waals surface area contributed by atoms with Crippen molar-refractivity contribution in [2.45, 2.75) is 33.7 Å². The molecule has 1 unspecified atom stereocenters. The molecule has 0 radical (unpaired) electrons. The van der Waals surface area contributed by atoms with Gasteiger partial charge in [0.15, 0.2) is 4.80 Å². The van der Waals surface area contributed by atoms with Crippen molar-refractivity contribution in [1.82, 2.24) is 4.57 Å². The maximum atomic E-state index is 13.5.